The first-order valence-corrected chi connectivity index (χ1v) is 4.76. The highest BCUT2D eigenvalue weighted by Crippen LogP contribution is 2.03. The van der Waals surface area contributed by atoms with E-state index in [9.17, 15) is 0 Å². The van der Waals surface area contributed by atoms with Gasteiger partial charge in [0, 0.05) is 7.05 Å². The first-order valence-electron chi connectivity index (χ1n) is 4.23. The zero-order valence-corrected chi connectivity index (χ0v) is 9.61. The van der Waals surface area contributed by atoms with E-state index in [0.717, 1.165) is 5.59 Å². The van der Waals surface area contributed by atoms with Crippen LogP contribution in [0.4, 0.5) is 0 Å². The fourth-order valence-corrected chi connectivity index (χ4v) is 0.896. The first kappa shape index (κ1) is 16.5. The maximum Gasteiger partial charge on any atom is 0.142 e. The van der Waals surface area contributed by atoms with Gasteiger partial charge in [0.2, 0.25) is 0 Å². The van der Waals surface area contributed by atoms with Crippen LogP contribution in [-0.4, -0.2) is 41.1 Å². The fourth-order valence-electron chi connectivity index (χ4n) is 0.896. The summed E-state index contributed by atoms with van der Waals surface area (Å²) in [6, 6.07) is 0.0880. The number of quaternary nitrogens is 1. The first-order chi connectivity index (χ1) is 6.54. The average molecular weight is 231 g/mol. The molecule has 0 aromatic carbocycles. The molecular weight excluding hydrogens is 210 g/mol. The van der Waals surface area contributed by atoms with Crippen LogP contribution in [0.15, 0.2) is 0 Å². The van der Waals surface area contributed by atoms with Gasteiger partial charge in [0.1, 0.15) is 6.07 Å². The molecular formula is C7H21ClN3O3+. The summed E-state index contributed by atoms with van der Waals surface area (Å²) in [6.07, 6.45) is 0. The number of aliphatic hydroxyl groups is 1. The lowest BCUT2D eigenvalue weighted by molar-refractivity contribution is -0.995. The topological polar surface area (TPSA) is 95.6 Å². The Labute approximate surface area is 89.5 Å². The molecule has 0 aliphatic rings. The van der Waals surface area contributed by atoms with Crippen molar-refractivity contribution in [2.75, 3.05) is 19.7 Å². The fraction of sp³-hybridized carbons (Fsp3) is 1.00. The minimum atomic E-state index is 0.0185. The highest BCUT2D eigenvalue weighted by atomic mass is 35.5. The molecule has 0 fully saturated rings. The van der Waals surface area contributed by atoms with E-state index in [-0.39, 0.29) is 18.7 Å². The van der Waals surface area contributed by atoms with Crippen LogP contribution in [0, 0.1) is 5.92 Å². The number of nitrogens with zero attached hydrogens (tertiary/aromatic N) is 1. The Kier molecular flexibility index (Phi) is 13.1. The van der Waals surface area contributed by atoms with Gasteiger partial charge >= 0.3 is 0 Å². The minimum absolute atomic E-state index is 0.0185. The minimum Gasteiger partial charge on any atom is -0.395 e. The summed E-state index contributed by atoms with van der Waals surface area (Å²) in [5, 5.41) is 19.0. The van der Waals surface area contributed by atoms with E-state index in [0.29, 0.717) is 5.92 Å². The molecule has 0 bridgehead atoms. The number of hydrogen-bond acceptors (Lipinski definition) is 5. The third-order valence-electron chi connectivity index (χ3n) is 1.72. The normalized spacial score (nSPS) is 12.6. The van der Waals surface area contributed by atoms with Gasteiger partial charge in [-0.1, -0.05) is 25.4 Å². The smallest absolute Gasteiger partial charge is 0.142 e. The Hall–Kier alpha value is 0.0500. The van der Waals surface area contributed by atoms with Gasteiger partial charge in [-0.05, 0) is 5.92 Å². The number of hydrogen-bond donors (Lipinski definition) is 4. The summed E-state index contributed by atoms with van der Waals surface area (Å²) >= 11 is 4.84. The summed E-state index contributed by atoms with van der Waals surface area (Å²) in [7, 11) is 1.74. The molecule has 0 amide bonds. The van der Waals surface area contributed by atoms with Crippen molar-refractivity contribution in [3.63, 3.8) is 0 Å². The molecule has 0 aromatic rings. The van der Waals surface area contributed by atoms with E-state index < -0.39 is 0 Å². The maximum absolute atomic E-state index is 8.83. The van der Waals surface area contributed by atoms with Gasteiger partial charge < -0.3 is 5.11 Å². The van der Waals surface area contributed by atoms with Gasteiger partial charge in [0.05, 0.1) is 12.6 Å². The number of halogens is 1. The van der Waals surface area contributed by atoms with Crippen LogP contribution in [0.2, 0.25) is 0 Å². The molecule has 0 radical (unpaired) electrons. The van der Waals surface area contributed by atoms with Crippen LogP contribution in [0.25, 0.3) is 0 Å². The number of nitrogens with two attached hydrogens (primary N) is 2. The Morgan fingerprint density at radius 3 is 2.07 bits per heavy atom. The molecule has 7 heteroatoms. The summed E-state index contributed by atoms with van der Waals surface area (Å²) < 4.78 is 0. The third kappa shape index (κ3) is 8.64. The van der Waals surface area contributed by atoms with E-state index in [1.54, 1.807) is 12.1 Å². The van der Waals surface area contributed by atoms with Gasteiger partial charge in [-0.2, -0.15) is 5.21 Å². The van der Waals surface area contributed by atoms with Crippen molar-refractivity contribution in [1.82, 2.24) is 5.01 Å². The number of alkyl halides is 1. The second kappa shape index (κ2) is 11.1. The maximum atomic E-state index is 8.83. The van der Waals surface area contributed by atoms with Gasteiger partial charge in [0.25, 0.3) is 0 Å². The summed E-state index contributed by atoms with van der Waals surface area (Å²) in [4.78, 5) is 3.81. The molecule has 1 unspecified atom stereocenters. The highest BCUT2D eigenvalue weighted by Gasteiger charge is 2.19. The SMILES string of the molecule is CC(C)C(CO)N(C)[NH2+]O.NOCCl. The second-order valence-electron chi connectivity index (χ2n) is 3.05. The Morgan fingerprint density at radius 1 is 1.57 bits per heavy atom. The summed E-state index contributed by atoms with van der Waals surface area (Å²) in [5.41, 5.74) is 0.987. The van der Waals surface area contributed by atoms with E-state index in [1.807, 2.05) is 13.8 Å². The molecule has 0 aliphatic heterocycles. The highest BCUT2D eigenvalue weighted by molar-refractivity contribution is 6.17. The van der Waals surface area contributed by atoms with Crippen LogP contribution in [0.3, 0.4) is 0 Å². The monoisotopic (exact) mass is 230 g/mol. The van der Waals surface area contributed by atoms with Crippen molar-refractivity contribution >= 4 is 11.6 Å². The lowest BCUT2D eigenvalue weighted by atomic mass is 10.1. The average Bonchev–Trinajstić information content (AvgIpc) is 2.18. The van der Waals surface area contributed by atoms with Crippen molar-refractivity contribution in [2.45, 2.75) is 19.9 Å². The number of rotatable bonds is 5. The Morgan fingerprint density at radius 2 is 2.00 bits per heavy atom. The molecule has 6 nitrogen and oxygen atoms in total. The summed E-state index contributed by atoms with van der Waals surface area (Å²) in [5.74, 6) is 4.74. The lowest BCUT2D eigenvalue weighted by Crippen LogP contribution is -2.92. The zero-order valence-electron chi connectivity index (χ0n) is 8.85. The van der Waals surface area contributed by atoms with Crippen molar-refractivity contribution in [3.8, 4) is 0 Å². The van der Waals surface area contributed by atoms with Gasteiger partial charge in [0.15, 0.2) is 0 Å². The van der Waals surface area contributed by atoms with Crippen LogP contribution >= 0.6 is 11.6 Å². The van der Waals surface area contributed by atoms with Crippen LogP contribution < -0.4 is 11.5 Å². The van der Waals surface area contributed by atoms with E-state index in [1.165, 1.54) is 0 Å². The van der Waals surface area contributed by atoms with Crippen molar-refractivity contribution in [1.29, 1.82) is 0 Å². The molecule has 88 valence electrons. The predicted octanol–water partition coefficient (Wildman–Crippen LogP) is -1.12. The van der Waals surface area contributed by atoms with E-state index in [2.05, 4.69) is 10.7 Å². The van der Waals surface area contributed by atoms with Gasteiger partial charge in [-0.25, -0.2) is 5.90 Å². The predicted molar refractivity (Wildman–Crippen MR) is 53.2 cm³/mol. The van der Waals surface area contributed by atoms with Crippen molar-refractivity contribution in [3.05, 3.63) is 0 Å². The second-order valence-corrected chi connectivity index (χ2v) is 3.27. The molecule has 0 heterocycles. The van der Waals surface area contributed by atoms with E-state index >= 15 is 0 Å². The molecule has 14 heavy (non-hydrogen) atoms. The van der Waals surface area contributed by atoms with Crippen LogP contribution in [0.1, 0.15) is 13.8 Å². The molecule has 0 aliphatic carbocycles. The molecule has 6 N–H and O–H groups in total. The summed E-state index contributed by atoms with van der Waals surface area (Å²) in [6.45, 7) is 4.08. The van der Waals surface area contributed by atoms with Gasteiger partial charge in [-0.15, -0.1) is 10.6 Å². The van der Waals surface area contributed by atoms with Crippen molar-refractivity contribution < 1.29 is 20.7 Å². The lowest BCUT2D eigenvalue weighted by Gasteiger charge is -2.23. The molecule has 0 saturated heterocycles. The van der Waals surface area contributed by atoms with Crippen LogP contribution in [0.5, 0.6) is 0 Å². The molecule has 0 rings (SSSR count). The molecule has 1 atom stereocenters. The van der Waals surface area contributed by atoms with Gasteiger partial charge in [-0.3, -0.25) is 4.84 Å². The quantitative estimate of drug-likeness (QED) is 0.273. The molecule has 0 saturated carbocycles. The largest absolute Gasteiger partial charge is 0.395 e. The number of likely N-dealkylation sites (N-methyl/N-ethyl adjacent to an activating group) is 1. The standard InChI is InChI=1S/C6H16N2O2.CH4ClNO/c1-5(2)6(4-9)8(3)7-10;2-1-4-3/h5-7,9-10H,4H2,1-3H3;1,3H2/p+1. The number of aliphatic hydroxyl groups excluding tert-OH is 1. The Bertz CT molecular complexity index is 116. The third-order valence-corrected chi connectivity index (χ3v) is 1.85. The van der Waals surface area contributed by atoms with Crippen molar-refractivity contribution in [2.24, 2.45) is 11.8 Å². The molecule has 0 spiro atoms. The van der Waals surface area contributed by atoms with E-state index in [4.69, 9.17) is 21.9 Å². The Balaban J connectivity index is 0. The zero-order chi connectivity index (χ0) is 11.6. The molecule has 0 aromatic heterocycles. The van der Waals surface area contributed by atoms with Crippen LogP contribution in [-0.2, 0) is 4.84 Å².